The van der Waals surface area contributed by atoms with Crippen LogP contribution in [0.3, 0.4) is 0 Å². The molecule has 0 bridgehead atoms. The van der Waals surface area contributed by atoms with E-state index in [4.69, 9.17) is 4.74 Å². The number of anilines is 1. The van der Waals surface area contributed by atoms with Gasteiger partial charge in [0, 0.05) is 11.9 Å². The van der Waals surface area contributed by atoms with Crippen LogP contribution < -0.4 is 15.0 Å². The number of amides is 2. The van der Waals surface area contributed by atoms with Gasteiger partial charge in [-0.25, -0.2) is 0 Å². The maximum atomic E-state index is 12.8. The van der Waals surface area contributed by atoms with E-state index in [-0.39, 0.29) is 18.4 Å². The Morgan fingerprint density at radius 1 is 1.20 bits per heavy atom. The molecule has 1 aliphatic rings. The Morgan fingerprint density at radius 2 is 1.92 bits per heavy atom. The maximum Gasteiger partial charge on any atom is 0.262 e. The van der Waals surface area contributed by atoms with Crippen molar-refractivity contribution in [3.63, 3.8) is 0 Å². The lowest BCUT2D eigenvalue weighted by molar-refractivity contribution is -0.127. The van der Waals surface area contributed by atoms with Crippen molar-refractivity contribution in [2.75, 3.05) is 24.2 Å². The van der Waals surface area contributed by atoms with Crippen LogP contribution in [0.4, 0.5) is 5.69 Å². The molecule has 0 saturated heterocycles. The molecule has 25 heavy (non-hydrogen) atoms. The number of fused-ring (bicyclic) bond motifs is 1. The molecule has 0 aliphatic carbocycles. The fraction of sp³-hybridized carbons (Fsp3) is 0.263. The average molecular weight is 356 g/mol. The minimum Gasteiger partial charge on any atom is -0.477 e. The highest BCUT2D eigenvalue weighted by Crippen LogP contribution is 2.34. The van der Waals surface area contributed by atoms with E-state index in [0.717, 1.165) is 10.5 Å². The van der Waals surface area contributed by atoms with E-state index in [0.29, 0.717) is 17.2 Å². The van der Waals surface area contributed by atoms with Gasteiger partial charge in [0.15, 0.2) is 6.10 Å². The summed E-state index contributed by atoms with van der Waals surface area (Å²) in [6.07, 6.45) is -0.702. The summed E-state index contributed by atoms with van der Waals surface area (Å²) >= 11 is 1.51. The van der Waals surface area contributed by atoms with Gasteiger partial charge >= 0.3 is 0 Å². The average Bonchev–Trinajstić information content (AvgIpc) is 2.65. The molecule has 1 atom stereocenters. The first-order valence-corrected chi connectivity index (χ1v) is 9.05. The largest absolute Gasteiger partial charge is 0.477 e. The highest BCUT2D eigenvalue weighted by Gasteiger charge is 2.33. The lowest BCUT2D eigenvalue weighted by Gasteiger charge is -2.34. The van der Waals surface area contributed by atoms with Crippen molar-refractivity contribution >= 4 is 29.3 Å². The Labute approximate surface area is 151 Å². The molecule has 0 spiro atoms. The molecule has 0 aromatic heterocycles. The van der Waals surface area contributed by atoms with Crippen LogP contribution in [0.2, 0.25) is 0 Å². The minimum absolute atomic E-state index is 0.0436. The Balaban J connectivity index is 1.78. The summed E-state index contributed by atoms with van der Waals surface area (Å²) in [5, 5.41) is 2.58. The second-order valence-corrected chi connectivity index (χ2v) is 6.76. The second kappa shape index (κ2) is 7.61. The number of carbonyl (C=O) groups is 2. The van der Waals surface area contributed by atoms with E-state index in [1.807, 2.05) is 49.4 Å². The van der Waals surface area contributed by atoms with Crippen LogP contribution in [0.15, 0.2) is 53.4 Å². The smallest absolute Gasteiger partial charge is 0.262 e. The van der Waals surface area contributed by atoms with Crippen LogP contribution in [-0.2, 0) is 9.59 Å². The molecule has 1 aliphatic heterocycles. The molecule has 130 valence electrons. The number of carbonyl (C=O) groups excluding carboxylic acids is 2. The third kappa shape index (κ3) is 3.79. The van der Waals surface area contributed by atoms with Crippen molar-refractivity contribution in [2.45, 2.75) is 17.9 Å². The molecular weight excluding hydrogens is 336 g/mol. The van der Waals surface area contributed by atoms with Crippen LogP contribution >= 0.6 is 11.8 Å². The highest BCUT2D eigenvalue weighted by molar-refractivity contribution is 8.00. The summed E-state index contributed by atoms with van der Waals surface area (Å²) in [5.74, 6) is 0.577. The van der Waals surface area contributed by atoms with Crippen molar-refractivity contribution in [2.24, 2.45) is 0 Å². The predicted octanol–water partition coefficient (Wildman–Crippen LogP) is 2.63. The van der Waals surface area contributed by atoms with Crippen molar-refractivity contribution in [1.82, 2.24) is 5.32 Å². The molecule has 0 unspecified atom stereocenters. The fourth-order valence-corrected chi connectivity index (χ4v) is 3.61. The molecule has 6 heteroatoms. The van der Waals surface area contributed by atoms with Crippen LogP contribution in [-0.4, -0.2) is 37.3 Å². The van der Waals surface area contributed by atoms with Gasteiger partial charge in [0.2, 0.25) is 5.91 Å². The van der Waals surface area contributed by atoms with Crippen molar-refractivity contribution < 1.29 is 14.3 Å². The number of hydrogen-bond acceptors (Lipinski definition) is 4. The van der Waals surface area contributed by atoms with E-state index in [1.54, 1.807) is 18.0 Å². The normalized spacial score (nSPS) is 15.9. The Kier molecular flexibility index (Phi) is 5.28. The lowest BCUT2D eigenvalue weighted by Crippen LogP contribution is -2.50. The summed E-state index contributed by atoms with van der Waals surface area (Å²) in [5.41, 5.74) is 1.85. The molecule has 0 saturated carbocycles. The SMILES string of the molecule is CNC(=O)[C@H]1CN(C(=O)CSc2ccccc2C)c2ccccc2O1. The number of ether oxygens (including phenoxy) is 1. The van der Waals surface area contributed by atoms with Gasteiger partial charge in [0.25, 0.3) is 5.91 Å². The first-order chi connectivity index (χ1) is 12.1. The number of hydrogen-bond donors (Lipinski definition) is 1. The van der Waals surface area contributed by atoms with Gasteiger partial charge in [0.05, 0.1) is 18.0 Å². The van der Waals surface area contributed by atoms with E-state index in [9.17, 15) is 9.59 Å². The van der Waals surface area contributed by atoms with Crippen LogP contribution in [0, 0.1) is 6.92 Å². The van der Waals surface area contributed by atoms with Gasteiger partial charge in [-0.05, 0) is 30.7 Å². The zero-order valence-corrected chi connectivity index (χ0v) is 15.0. The lowest BCUT2D eigenvalue weighted by atomic mass is 10.2. The first-order valence-electron chi connectivity index (χ1n) is 8.06. The molecule has 5 nitrogen and oxygen atoms in total. The summed E-state index contributed by atoms with van der Waals surface area (Å²) in [4.78, 5) is 27.5. The van der Waals surface area contributed by atoms with E-state index < -0.39 is 6.10 Å². The molecular formula is C19H20N2O3S. The Morgan fingerprint density at radius 3 is 2.68 bits per heavy atom. The number of rotatable bonds is 4. The second-order valence-electron chi connectivity index (χ2n) is 5.75. The van der Waals surface area contributed by atoms with Gasteiger partial charge in [0.1, 0.15) is 5.75 Å². The van der Waals surface area contributed by atoms with Crippen LogP contribution in [0.25, 0.3) is 0 Å². The standard InChI is InChI=1S/C19H20N2O3S/c1-13-7-3-6-10-17(13)25-12-18(22)21-11-16(19(23)20-2)24-15-9-5-4-8-14(15)21/h3-10,16H,11-12H2,1-2H3,(H,20,23)/t16-/m1/s1. The number of nitrogens with zero attached hydrogens (tertiary/aromatic N) is 1. The molecule has 1 heterocycles. The van der Waals surface area contributed by atoms with Crippen molar-refractivity contribution in [1.29, 1.82) is 0 Å². The highest BCUT2D eigenvalue weighted by atomic mass is 32.2. The number of nitrogens with one attached hydrogen (secondary N) is 1. The number of para-hydroxylation sites is 2. The number of thioether (sulfide) groups is 1. The predicted molar refractivity (Wildman–Crippen MR) is 99.2 cm³/mol. The van der Waals surface area contributed by atoms with Gasteiger partial charge in [-0.3, -0.25) is 9.59 Å². The third-order valence-corrected chi connectivity index (χ3v) is 5.22. The zero-order chi connectivity index (χ0) is 17.8. The molecule has 1 N–H and O–H groups in total. The Hall–Kier alpha value is -2.47. The number of aryl methyl sites for hydroxylation is 1. The molecule has 0 fully saturated rings. The van der Waals surface area contributed by atoms with Crippen molar-refractivity contribution in [3.8, 4) is 5.75 Å². The monoisotopic (exact) mass is 356 g/mol. The topological polar surface area (TPSA) is 58.6 Å². The van der Waals surface area contributed by atoms with Gasteiger partial charge < -0.3 is 15.0 Å². The van der Waals surface area contributed by atoms with E-state index in [1.165, 1.54) is 11.8 Å². The summed E-state index contributed by atoms with van der Waals surface area (Å²) in [7, 11) is 1.56. The molecule has 2 amide bonds. The van der Waals surface area contributed by atoms with E-state index >= 15 is 0 Å². The third-order valence-electron chi connectivity index (χ3n) is 4.06. The maximum absolute atomic E-state index is 12.8. The van der Waals surface area contributed by atoms with Gasteiger partial charge in [-0.15, -0.1) is 11.8 Å². The first kappa shape index (κ1) is 17.4. The quantitative estimate of drug-likeness (QED) is 0.856. The van der Waals surface area contributed by atoms with Gasteiger partial charge in [-0.1, -0.05) is 30.3 Å². The number of likely N-dealkylation sites (N-methyl/N-ethyl adjacent to an activating group) is 1. The summed E-state index contributed by atoms with van der Waals surface area (Å²) < 4.78 is 5.73. The molecule has 3 rings (SSSR count). The molecule has 0 radical (unpaired) electrons. The summed E-state index contributed by atoms with van der Waals surface area (Å²) in [6, 6.07) is 15.3. The summed E-state index contributed by atoms with van der Waals surface area (Å²) in [6.45, 7) is 2.24. The molecule has 2 aromatic rings. The number of benzene rings is 2. The van der Waals surface area contributed by atoms with E-state index in [2.05, 4.69) is 5.32 Å². The van der Waals surface area contributed by atoms with Gasteiger partial charge in [-0.2, -0.15) is 0 Å². The fourth-order valence-electron chi connectivity index (χ4n) is 2.70. The molecule has 2 aromatic carbocycles. The van der Waals surface area contributed by atoms with Crippen LogP contribution in [0.5, 0.6) is 5.75 Å². The zero-order valence-electron chi connectivity index (χ0n) is 14.2. The Bertz CT molecular complexity index is 794. The van der Waals surface area contributed by atoms with Crippen molar-refractivity contribution in [3.05, 3.63) is 54.1 Å². The van der Waals surface area contributed by atoms with Crippen LogP contribution in [0.1, 0.15) is 5.56 Å². The minimum atomic E-state index is -0.702.